The summed E-state index contributed by atoms with van der Waals surface area (Å²) < 4.78 is 4.86. The van der Waals surface area contributed by atoms with E-state index in [4.69, 9.17) is 10.00 Å². The summed E-state index contributed by atoms with van der Waals surface area (Å²) in [5, 5.41) is 9.04. The Balaban J connectivity index is 1.97. The number of carbonyl (C=O) groups is 1. The zero-order valence-corrected chi connectivity index (χ0v) is 14.3. The molecule has 1 saturated heterocycles. The summed E-state index contributed by atoms with van der Waals surface area (Å²) >= 11 is 0. The molecule has 1 aromatic carbocycles. The smallest absolute Gasteiger partial charge is 0.328 e. The highest BCUT2D eigenvalue weighted by Gasteiger charge is 2.16. The fraction of sp³-hybridized carbons (Fsp3) is 0.526. The molecule has 1 fully saturated rings. The number of carbonyl (C=O) groups excluding carboxylic acids is 1. The molecule has 1 aromatic rings. The molecule has 2 rings (SSSR count). The van der Waals surface area contributed by atoms with E-state index in [2.05, 4.69) is 22.0 Å². The highest BCUT2D eigenvalue weighted by atomic mass is 16.5. The summed E-state index contributed by atoms with van der Waals surface area (Å²) in [5.41, 5.74) is 2.40. The van der Waals surface area contributed by atoms with Crippen molar-refractivity contribution in [1.82, 2.24) is 4.90 Å². The largest absolute Gasteiger partial charge is 0.465 e. The molecule has 0 amide bonds. The number of aliphatic imine (C=N–C) groups is 1. The van der Waals surface area contributed by atoms with Crippen molar-refractivity contribution in [2.45, 2.75) is 39.3 Å². The first-order valence-corrected chi connectivity index (χ1v) is 8.60. The van der Waals surface area contributed by atoms with Crippen LogP contribution in [0.15, 0.2) is 29.3 Å². The Hall–Kier alpha value is -2.19. The highest BCUT2D eigenvalue weighted by molar-refractivity contribution is 5.92. The number of piperidine rings is 1. The Morgan fingerprint density at radius 1 is 1.33 bits per heavy atom. The number of benzene rings is 1. The van der Waals surface area contributed by atoms with Gasteiger partial charge in [-0.05, 0) is 44.0 Å². The number of hydrogen-bond acceptors (Lipinski definition) is 5. The number of likely N-dealkylation sites (tertiary alicyclic amines) is 1. The van der Waals surface area contributed by atoms with Crippen LogP contribution >= 0.6 is 0 Å². The lowest BCUT2D eigenvalue weighted by Crippen LogP contribution is -2.29. The molecule has 1 aliphatic heterocycles. The number of hydrogen-bond donors (Lipinski definition) is 0. The van der Waals surface area contributed by atoms with Gasteiger partial charge in [0.2, 0.25) is 0 Å². The van der Waals surface area contributed by atoms with Gasteiger partial charge >= 0.3 is 5.97 Å². The van der Waals surface area contributed by atoms with Crippen LogP contribution in [0.1, 0.15) is 37.3 Å². The quantitative estimate of drug-likeness (QED) is 0.570. The minimum Gasteiger partial charge on any atom is -0.465 e. The van der Waals surface area contributed by atoms with Crippen LogP contribution in [0.5, 0.6) is 0 Å². The Morgan fingerprint density at radius 2 is 2.04 bits per heavy atom. The molecule has 0 aromatic heterocycles. The van der Waals surface area contributed by atoms with Crippen LogP contribution in [-0.2, 0) is 22.6 Å². The predicted molar refractivity (Wildman–Crippen MR) is 93.5 cm³/mol. The maximum absolute atomic E-state index is 11.6. The molecular weight excluding hydrogens is 302 g/mol. The lowest BCUT2D eigenvalue weighted by atomic mass is 10.0. The average molecular weight is 327 g/mol. The molecule has 1 aliphatic rings. The first-order valence-electron chi connectivity index (χ1n) is 8.60. The van der Waals surface area contributed by atoms with Crippen molar-refractivity contribution in [3.63, 3.8) is 0 Å². The Bertz CT molecular complexity index is 601. The summed E-state index contributed by atoms with van der Waals surface area (Å²) in [4.78, 5) is 18.4. The van der Waals surface area contributed by atoms with E-state index in [1.807, 2.05) is 18.2 Å². The molecule has 5 heteroatoms. The summed E-state index contributed by atoms with van der Waals surface area (Å²) in [6.45, 7) is 5.70. The second-order valence-corrected chi connectivity index (χ2v) is 5.95. The van der Waals surface area contributed by atoms with E-state index in [0.717, 1.165) is 25.2 Å². The molecule has 1 atom stereocenters. The normalized spacial score (nSPS) is 16.7. The molecule has 128 valence electrons. The van der Waals surface area contributed by atoms with Crippen molar-refractivity contribution in [3.8, 4) is 6.07 Å². The van der Waals surface area contributed by atoms with Crippen LogP contribution < -0.4 is 0 Å². The van der Waals surface area contributed by atoms with E-state index in [1.54, 1.807) is 6.92 Å². The molecule has 0 spiro atoms. The summed E-state index contributed by atoms with van der Waals surface area (Å²) in [6, 6.07) is 10.2. The topological polar surface area (TPSA) is 65.7 Å². The molecule has 0 saturated carbocycles. The molecule has 0 N–H and O–H groups in total. The van der Waals surface area contributed by atoms with Crippen LogP contribution in [0.25, 0.3) is 0 Å². The van der Waals surface area contributed by atoms with Crippen molar-refractivity contribution in [2.24, 2.45) is 10.9 Å². The van der Waals surface area contributed by atoms with Gasteiger partial charge in [0.25, 0.3) is 0 Å². The van der Waals surface area contributed by atoms with Crippen LogP contribution in [-0.4, -0.2) is 36.8 Å². The summed E-state index contributed by atoms with van der Waals surface area (Å²) in [7, 11) is 0. The number of nitriles is 1. The molecule has 1 heterocycles. The monoisotopic (exact) mass is 327 g/mol. The minimum absolute atomic E-state index is 0.267. The summed E-state index contributed by atoms with van der Waals surface area (Å²) in [5.74, 6) is -1.47. The highest BCUT2D eigenvalue weighted by Crippen LogP contribution is 2.16. The molecule has 5 nitrogen and oxygen atoms in total. The van der Waals surface area contributed by atoms with Gasteiger partial charge in [0.15, 0.2) is 5.92 Å². The maximum Gasteiger partial charge on any atom is 0.328 e. The lowest BCUT2D eigenvalue weighted by molar-refractivity contribution is -0.143. The maximum atomic E-state index is 11.6. The van der Waals surface area contributed by atoms with Crippen LogP contribution in [0.3, 0.4) is 0 Å². The second kappa shape index (κ2) is 9.84. The van der Waals surface area contributed by atoms with Gasteiger partial charge in [0.1, 0.15) is 0 Å². The molecule has 0 bridgehead atoms. The van der Waals surface area contributed by atoms with Crippen LogP contribution in [0, 0.1) is 17.2 Å². The molecular formula is C19H25N3O2. The molecule has 0 aliphatic carbocycles. The van der Waals surface area contributed by atoms with Crippen molar-refractivity contribution in [1.29, 1.82) is 5.26 Å². The van der Waals surface area contributed by atoms with Crippen molar-refractivity contribution in [3.05, 3.63) is 35.4 Å². The fourth-order valence-electron chi connectivity index (χ4n) is 2.86. The first-order chi connectivity index (χ1) is 11.7. The average Bonchev–Trinajstić information content (AvgIpc) is 2.61. The number of nitrogens with zero attached hydrogens (tertiary/aromatic N) is 3. The van der Waals surface area contributed by atoms with E-state index >= 15 is 0 Å². The second-order valence-electron chi connectivity index (χ2n) is 5.95. The third-order valence-electron chi connectivity index (χ3n) is 4.16. The van der Waals surface area contributed by atoms with Crippen molar-refractivity contribution < 1.29 is 9.53 Å². The first kappa shape index (κ1) is 18.2. The molecule has 24 heavy (non-hydrogen) atoms. The van der Waals surface area contributed by atoms with Gasteiger partial charge in [0.05, 0.1) is 19.2 Å². The van der Waals surface area contributed by atoms with E-state index in [9.17, 15) is 4.79 Å². The van der Waals surface area contributed by atoms with Crippen molar-refractivity contribution >= 4 is 12.2 Å². The zero-order valence-electron chi connectivity index (χ0n) is 14.3. The van der Waals surface area contributed by atoms with Gasteiger partial charge in [-0.1, -0.05) is 30.7 Å². The van der Waals surface area contributed by atoms with E-state index in [-0.39, 0.29) is 6.61 Å². The van der Waals surface area contributed by atoms with Crippen LogP contribution in [0.2, 0.25) is 0 Å². The predicted octanol–water partition coefficient (Wildman–Crippen LogP) is 2.95. The number of rotatable bonds is 7. The minimum atomic E-state index is -0.931. The SMILES string of the molecule is CCOC(=O)[C@H](C#N)C=NCc1ccccc1CN1CCCCC1. The molecule has 0 unspecified atom stereocenters. The Labute approximate surface area is 143 Å². The van der Waals surface area contributed by atoms with Gasteiger partial charge < -0.3 is 4.74 Å². The van der Waals surface area contributed by atoms with Crippen LogP contribution in [0.4, 0.5) is 0 Å². The summed E-state index contributed by atoms with van der Waals surface area (Å²) in [6.07, 6.45) is 5.26. The molecule has 0 radical (unpaired) electrons. The van der Waals surface area contributed by atoms with Crippen molar-refractivity contribution in [2.75, 3.05) is 19.7 Å². The number of ether oxygens (including phenoxy) is 1. The third-order valence-corrected chi connectivity index (χ3v) is 4.16. The fourth-order valence-corrected chi connectivity index (χ4v) is 2.86. The van der Waals surface area contributed by atoms with Gasteiger partial charge in [-0.15, -0.1) is 0 Å². The van der Waals surface area contributed by atoms with E-state index < -0.39 is 11.9 Å². The Morgan fingerprint density at radius 3 is 2.71 bits per heavy atom. The number of esters is 1. The van der Waals surface area contributed by atoms with Gasteiger partial charge in [0, 0.05) is 12.8 Å². The lowest BCUT2D eigenvalue weighted by Gasteiger charge is -2.27. The van der Waals surface area contributed by atoms with E-state index in [1.165, 1.54) is 31.0 Å². The van der Waals surface area contributed by atoms with E-state index in [0.29, 0.717) is 6.54 Å². The van der Waals surface area contributed by atoms with Gasteiger partial charge in [-0.2, -0.15) is 5.26 Å². The standard InChI is InChI=1S/C19H25N3O2/c1-2-24-19(23)18(12-20)14-21-13-16-8-4-5-9-17(16)15-22-10-6-3-7-11-22/h4-5,8-9,14,18H,2-3,6-7,10-11,13,15H2,1H3/t18-/m1/s1. The Kier molecular flexibility index (Phi) is 7.44. The zero-order chi connectivity index (χ0) is 17.2. The third kappa shape index (κ3) is 5.47. The van der Waals surface area contributed by atoms with Gasteiger partial charge in [-0.3, -0.25) is 14.7 Å². The van der Waals surface area contributed by atoms with Gasteiger partial charge in [-0.25, -0.2) is 0 Å².